The maximum absolute atomic E-state index is 6.16. The third kappa shape index (κ3) is 3.39. The smallest absolute Gasteiger partial charge is 0.232 e. The highest BCUT2D eigenvalue weighted by atomic mass is 35.5. The quantitative estimate of drug-likeness (QED) is 0.561. The number of alkyl halides is 2. The van der Waals surface area contributed by atoms with Crippen LogP contribution >= 0.6 is 35.0 Å². The van der Waals surface area contributed by atoms with Crippen molar-refractivity contribution in [2.45, 2.75) is 35.2 Å². The van der Waals surface area contributed by atoms with E-state index in [0.717, 1.165) is 42.1 Å². The topological polar surface area (TPSA) is 34.0 Å². The highest BCUT2D eigenvalue weighted by molar-refractivity contribution is 7.99. The molecule has 1 aliphatic carbocycles. The van der Waals surface area contributed by atoms with Crippen molar-refractivity contribution in [3.05, 3.63) is 30.3 Å². The molecule has 0 bridgehead atoms. The predicted octanol–water partition coefficient (Wildman–Crippen LogP) is 4.54. The number of para-hydroxylation sites is 1. The van der Waals surface area contributed by atoms with E-state index in [0.29, 0.717) is 5.92 Å². The zero-order chi connectivity index (χ0) is 16.6. The van der Waals surface area contributed by atoms with Gasteiger partial charge in [-0.3, -0.25) is 4.57 Å². The second-order valence-electron chi connectivity index (χ2n) is 6.47. The lowest BCUT2D eigenvalue weighted by Gasteiger charge is -2.27. The number of hydrogen-bond acceptors (Lipinski definition) is 4. The Balaban J connectivity index is 1.62. The number of halogens is 2. The second-order valence-corrected chi connectivity index (χ2v) is 9.00. The van der Waals surface area contributed by atoms with Crippen LogP contribution in [-0.2, 0) is 0 Å². The van der Waals surface area contributed by atoms with Crippen LogP contribution in [0.1, 0.15) is 25.7 Å². The van der Waals surface area contributed by atoms with Gasteiger partial charge >= 0.3 is 0 Å². The van der Waals surface area contributed by atoms with Crippen LogP contribution in [0.2, 0.25) is 0 Å². The Bertz CT molecular complexity index is 698. The van der Waals surface area contributed by atoms with E-state index >= 15 is 0 Å². The number of nitrogens with zero attached hydrogens (tertiary/aromatic N) is 4. The summed E-state index contributed by atoms with van der Waals surface area (Å²) in [4.78, 5) is 2.35. The van der Waals surface area contributed by atoms with Gasteiger partial charge in [0.25, 0.3) is 0 Å². The normalized spacial score (nSPS) is 22.6. The zero-order valence-electron chi connectivity index (χ0n) is 13.4. The minimum absolute atomic E-state index is 0.338. The fourth-order valence-corrected chi connectivity index (χ4v) is 4.96. The van der Waals surface area contributed by atoms with Crippen molar-refractivity contribution < 1.29 is 0 Å². The van der Waals surface area contributed by atoms with Crippen LogP contribution in [-0.4, -0.2) is 37.9 Å². The minimum atomic E-state index is -0.541. The van der Waals surface area contributed by atoms with Gasteiger partial charge in [0.2, 0.25) is 5.95 Å². The van der Waals surface area contributed by atoms with Gasteiger partial charge in [-0.2, -0.15) is 0 Å². The largest absolute Gasteiger partial charge is 0.341 e. The Morgan fingerprint density at radius 3 is 2.46 bits per heavy atom. The van der Waals surface area contributed by atoms with Crippen LogP contribution in [0.15, 0.2) is 35.5 Å². The Morgan fingerprint density at radius 1 is 1.08 bits per heavy atom. The molecule has 1 aromatic carbocycles. The van der Waals surface area contributed by atoms with Gasteiger partial charge in [-0.25, -0.2) is 0 Å². The SMILES string of the molecule is ClC1(Cl)C[C@@H]1CSc1nnc(N2CCCCC2)n1-c1ccccc1. The maximum Gasteiger partial charge on any atom is 0.232 e. The molecule has 4 nitrogen and oxygen atoms in total. The summed E-state index contributed by atoms with van der Waals surface area (Å²) in [6, 6.07) is 10.3. The molecule has 1 saturated carbocycles. The van der Waals surface area contributed by atoms with E-state index in [1.165, 1.54) is 19.3 Å². The van der Waals surface area contributed by atoms with Gasteiger partial charge in [-0.1, -0.05) is 30.0 Å². The molecule has 2 aromatic rings. The zero-order valence-corrected chi connectivity index (χ0v) is 15.7. The number of aromatic nitrogens is 3. The van der Waals surface area contributed by atoms with Gasteiger partial charge in [0.05, 0.1) is 5.69 Å². The Morgan fingerprint density at radius 2 is 1.79 bits per heavy atom. The number of piperidine rings is 1. The molecule has 1 saturated heterocycles. The first kappa shape index (κ1) is 16.6. The summed E-state index contributed by atoms with van der Waals surface area (Å²) < 4.78 is 1.63. The fraction of sp³-hybridized carbons (Fsp3) is 0.529. The van der Waals surface area contributed by atoms with Crippen molar-refractivity contribution in [1.82, 2.24) is 14.8 Å². The molecule has 1 atom stereocenters. The van der Waals surface area contributed by atoms with Crippen molar-refractivity contribution in [2.75, 3.05) is 23.7 Å². The summed E-state index contributed by atoms with van der Waals surface area (Å²) in [6.45, 7) is 2.09. The van der Waals surface area contributed by atoms with Crippen molar-refractivity contribution in [1.29, 1.82) is 0 Å². The van der Waals surface area contributed by atoms with Crippen LogP contribution in [0.5, 0.6) is 0 Å². The third-order valence-electron chi connectivity index (χ3n) is 4.64. The van der Waals surface area contributed by atoms with Crippen molar-refractivity contribution in [3.63, 3.8) is 0 Å². The number of hydrogen-bond donors (Lipinski definition) is 0. The van der Waals surface area contributed by atoms with Gasteiger partial charge in [-0.15, -0.1) is 33.4 Å². The lowest BCUT2D eigenvalue weighted by molar-refractivity contribution is 0.564. The van der Waals surface area contributed by atoms with Crippen LogP contribution in [0, 0.1) is 5.92 Å². The summed E-state index contributed by atoms with van der Waals surface area (Å²) >= 11 is 14.0. The predicted molar refractivity (Wildman–Crippen MR) is 101 cm³/mol. The Labute approximate surface area is 156 Å². The highest BCUT2D eigenvalue weighted by Crippen LogP contribution is 2.54. The molecule has 128 valence electrons. The minimum Gasteiger partial charge on any atom is -0.341 e. The second kappa shape index (κ2) is 6.77. The Hall–Kier alpha value is -0.910. The lowest BCUT2D eigenvalue weighted by atomic mass is 10.1. The molecular weight excluding hydrogens is 363 g/mol. The lowest BCUT2D eigenvalue weighted by Crippen LogP contribution is -2.31. The maximum atomic E-state index is 6.16. The van der Waals surface area contributed by atoms with Crippen molar-refractivity contribution in [3.8, 4) is 5.69 Å². The van der Waals surface area contributed by atoms with E-state index in [-0.39, 0.29) is 0 Å². The average molecular weight is 383 g/mol. The van der Waals surface area contributed by atoms with E-state index in [9.17, 15) is 0 Å². The molecule has 2 fully saturated rings. The van der Waals surface area contributed by atoms with Crippen LogP contribution < -0.4 is 4.90 Å². The van der Waals surface area contributed by atoms with Crippen LogP contribution in [0.3, 0.4) is 0 Å². The third-order valence-corrected chi connectivity index (χ3v) is 6.66. The number of rotatable bonds is 5. The summed E-state index contributed by atoms with van der Waals surface area (Å²) in [6.07, 6.45) is 4.59. The monoisotopic (exact) mass is 382 g/mol. The summed E-state index contributed by atoms with van der Waals surface area (Å²) in [5.41, 5.74) is 1.10. The number of anilines is 1. The molecule has 4 rings (SSSR count). The first-order valence-corrected chi connectivity index (χ1v) is 10.2. The molecule has 2 heterocycles. The number of thioether (sulfide) groups is 1. The van der Waals surface area contributed by atoms with Gasteiger partial charge in [0, 0.05) is 24.8 Å². The summed E-state index contributed by atoms with van der Waals surface area (Å²) in [5, 5.41) is 9.88. The Kier molecular flexibility index (Phi) is 4.67. The fourth-order valence-electron chi connectivity index (χ4n) is 3.08. The van der Waals surface area contributed by atoms with Crippen molar-refractivity contribution >= 4 is 40.9 Å². The van der Waals surface area contributed by atoms with E-state index in [1.54, 1.807) is 11.8 Å². The molecule has 0 unspecified atom stereocenters. The summed E-state index contributed by atoms with van der Waals surface area (Å²) in [7, 11) is 0. The molecule has 2 aliphatic rings. The van der Waals surface area contributed by atoms with E-state index in [4.69, 9.17) is 23.2 Å². The molecule has 0 radical (unpaired) electrons. The standard InChI is InChI=1S/C17H20Cl2N4S/c18-17(19)11-13(17)12-24-16-21-20-15(22-9-5-2-6-10-22)23(16)14-7-3-1-4-8-14/h1,3-4,7-8,13H,2,5-6,9-12H2/t13-/m1/s1. The van der Waals surface area contributed by atoms with Gasteiger partial charge in [0.15, 0.2) is 5.16 Å². The van der Waals surface area contributed by atoms with E-state index < -0.39 is 4.33 Å². The van der Waals surface area contributed by atoms with Gasteiger partial charge in [-0.05, 0) is 37.8 Å². The molecule has 0 N–H and O–H groups in total. The average Bonchev–Trinajstić information content (AvgIpc) is 3.04. The van der Waals surface area contributed by atoms with Crippen LogP contribution in [0.4, 0.5) is 5.95 Å². The van der Waals surface area contributed by atoms with Gasteiger partial charge < -0.3 is 4.90 Å². The number of benzene rings is 1. The summed E-state index contributed by atoms with van der Waals surface area (Å²) in [5.74, 6) is 2.16. The highest BCUT2D eigenvalue weighted by Gasteiger charge is 2.51. The first-order valence-electron chi connectivity index (χ1n) is 8.41. The molecule has 7 heteroatoms. The van der Waals surface area contributed by atoms with Crippen LogP contribution in [0.25, 0.3) is 5.69 Å². The molecule has 24 heavy (non-hydrogen) atoms. The van der Waals surface area contributed by atoms with Crippen molar-refractivity contribution in [2.24, 2.45) is 5.92 Å². The molecule has 0 amide bonds. The first-order chi connectivity index (χ1) is 11.6. The van der Waals surface area contributed by atoms with E-state index in [1.807, 2.05) is 18.2 Å². The molecular formula is C17H20Cl2N4S. The molecule has 0 spiro atoms. The van der Waals surface area contributed by atoms with E-state index in [2.05, 4.69) is 31.8 Å². The molecule has 1 aromatic heterocycles. The molecule has 1 aliphatic heterocycles. The van der Waals surface area contributed by atoms with Gasteiger partial charge in [0.1, 0.15) is 4.33 Å².